The van der Waals surface area contributed by atoms with Gasteiger partial charge in [0.15, 0.2) is 0 Å². The third-order valence-electron chi connectivity index (χ3n) is 5.00. The molecule has 2 heterocycles. The maximum Gasteiger partial charge on any atom is 0.317 e. The number of aliphatic hydroxyl groups excluding tert-OH is 1. The third-order valence-corrected chi connectivity index (χ3v) is 5.70. The Morgan fingerprint density at radius 1 is 1.52 bits per heavy atom. The van der Waals surface area contributed by atoms with Crippen molar-refractivity contribution in [3.8, 4) is 0 Å². The van der Waals surface area contributed by atoms with Crippen molar-refractivity contribution in [1.29, 1.82) is 0 Å². The fourth-order valence-corrected chi connectivity index (χ4v) is 4.26. The molecule has 2 N–H and O–H groups in total. The minimum absolute atomic E-state index is 0.0874. The number of thiophene rings is 1. The molecule has 128 valence electrons. The van der Waals surface area contributed by atoms with Gasteiger partial charge < -0.3 is 20.2 Å². The summed E-state index contributed by atoms with van der Waals surface area (Å²) in [5.41, 5.74) is 1.36. The van der Waals surface area contributed by atoms with Gasteiger partial charge in [-0.3, -0.25) is 0 Å². The molecule has 1 unspecified atom stereocenters. The number of nitrogens with one attached hydrogen (secondary N) is 1. The van der Waals surface area contributed by atoms with Crippen molar-refractivity contribution < 1.29 is 9.90 Å². The normalized spacial score (nSPS) is 26.3. The molecule has 6 heteroatoms. The molecule has 1 aliphatic carbocycles. The molecule has 0 aromatic carbocycles. The fraction of sp³-hybridized carbons (Fsp3) is 0.706. The van der Waals surface area contributed by atoms with E-state index in [0.717, 1.165) is 32.4 Å². The number of urea groups is 1. The first kappa shape index (κ1) is 16.7. The van der Waals surface area contributed by atoms with Gasteiger partial charge in [0.05, 0.1) is 6.10 Å². The first-order chi connectivity index (χ1) is 11.0. The summed E-state index contributed by atoms with van der Waals surface area (Å²) in [6.45, 7) is 4.12. The largest absolute Gasteiger partial charge is 0.392 e. The van der Waals surface area contributed by atoms with E-state index in [1.165, 1.54) is 5.56 Å². The molecule has 1 saturated carbocycles. The second kappa shape index (κ2) is 7.20. The quantitative estimate of drug-likeness (QED) is 0.865. The van der Waals surface area contributed by atoms with E-state index in [1.54, 1.807) is 11.3 Å². The molecule has 3 rings (SSSR count). The van der Waals surface area contributed by atoms with E-state index in [4.69, 9.17) is 0 Å². The van der Waals surface area contributed by atoms with Crippen LogP contribution in [0.15, 0.2) is 16.8 Å². The van der Waals surface area contributed by atoms with Crippen LogP contribution in [-0.4, -0.2) is 65.8 Å². The number of hydrogen-bond acceptors (Lipinski definition) is 4. The summed E-state index contributed by atoms with van der Waals surface area (Å²) in [5.74, 6) is 0.514. The smallest absolute Gasteiger partial charge is 0.317 e. The zero-order valence-electron chi connectivity index (χ0n) is 13.9. The molecule has 2 fully saturated rings. The molecule has 0 bridgehead atoms. The van der Waals surface area contributed by atoms with Crippen molar-refractivity contribution in [2.75, 3.05) is 26.7 Å². The Bertz CT molecular complexity index is 512. The third kappa shape index (κ3) is 4.25. The average Bonchev–Trinajstić information content (AvgIpc) is 3.07. The SMILES string of the molecule is CC(O)CN(C)C1CCN(C(=O)N[C@@H]2C[C@H]2c2ccsc2)CC1. The second-order valence-electron chi connectivity index (χ2n) is 6.96. The van der Waals surface area contributed by atoms with Gasteiger partial charge in [-0.15, -0.1) is 0 Å². The molecule has 2 aliphatic rings. The molecule has 5 nitrogen and oxygen atoms in total. The predicted molar refractivity (Wildman–Crippen MR) is 92.9 cm³/mol. The highest BCUT2D eigenvalue weighted by Crippen LogP contribution is 2.41. The van der Waals surface area contributed by atoms with Crippen molar-refractivity contribution in [1.82, 2.24) is 15.1 Å². The lowest BCUT2D eigenvalue weighted by atomic mass is 10.0. The van der Waals surface area contributed by atoms with Gasteiger partial charge in [-0.2, -0.15) is 11.3 Å². The Labute approximate surface area is 142 Å². The van der Waals surface area contributed by atoms with Gasteiger partial charge >= 0.3 is 6.03 Å². The molecule has 1 saturated heterocycles. The van der Waals surface area contributed by atoms with Gasteiger partial charge in [0.2, 0.25) is 0 Å². The lowest BCUT2D eigenvalue weighted by Gasteiger charge is -2.37. The monoisotopic (exact) mass is 337 g/mol. The number of carbonyl (C=O) groups excluding carboxylic acids is 1. The van der Waals surface area contributed by atoms with E-state index in [1.807, 2.05) is 11.8 Å². The van der Waals surface area contributed by atoms with E-state index < -0.39 is 0 Å². The fourth-order valence-electron chi connectivity index (χ4n) is 3.53. The maximum atomic E-state index is 12.4. The Balaban J connectivity index is 1.41. The van der Waals surface area contributed by atoms with Crippen molar-refractivity contribution in [3.05, 3.63) is 22.4 Å². The average molecular weight is 337 g/mol. The summed E-state index contributed by atoms with van der Waals surface area (Å²) in [6, 6.07) is 3.02. The number of piperidine rings is 1. The Hall–Kier alpha value is -1.11. The molecule has 1 aliphatic heterocycles. The maximum absolute atomic E-state index is 12.4. The zero-order valence-corrected chi connectivity index (χ0v) is 14.8. The summed E-state index contributed by atoms with van der Waals surface area (Å²) in [5, 5.41) is 16.9. The molecule has 23 heavy (non-hydrogen) atoms. The van der Waals surface area contributed by atoms with Gasteiger partial charge in [-0.25, -0.2) is 4.79 Å². The van der Waals surface area contributed by atoms with E-state index in [2.05, 4.69) is 34.1 Å². The number of aliphatic hydroxyl groups is 1. The van der Waals surface area contributed by atoms with Gasteiger partial charge in [0.25, 0.3) is 0 Å². The van der Waals surface area contributed by atoms with Gasteiger partial charge in [0.1, 0.15) is 0 Å². The molecule has 1 aromatic heterocycles. The molecule has 1 aromatic rings. The first-order valence-corrected chi connectivity index (χ1v) is 9.44. The number of likely N-dealkylation sites (N-methyl/N-ethyl adjacent to an activating group) is 1. The summed E-state index contributed by atoms with van der Waals surface area (Å²) >= 11 is 1.72. The minimum atomic E-state index is -0.301. The van der Waals surface area contributed by atoms with Crippen LogP contribution in [0, 0.1) is 0 Å². The highest BCUT2D eigenvalue weighted by molar-refractivity contribution is 7.08. The summed E-state index contributed by atoms with van der Waals surface area (Å²) in [6.07, 6.45) is 2.73. The zero-order chi connectivity index (χ0) is 16.4. The van der Waals surface area contributed by atoms with Crippen molar-refractivity contribution in [2.45, 2.75) is 50.3 Å². The first-order valence-electron chi connectivity index (χ1n) is 8.50. The molecular formula is C17H27N3O2S. The van der Waals surface area contributed by atoms with E-state index >= 15 is 0 Å². The number of carbonyl (C=O) groups is 1. The topological polar surface area (TPSA) is 55.8 Å². The van der Waals surface area contributed by atoms with Gasteiger partial charge in [0, 0.05) is 37.6 Å². The number of amides is 2. The van der Waals surface area contributed by atoms with Crippen LogP contribution in [0.2, 0.25) is 0 Å². The van der Waals surface area contributed by atoms with E-state index in [9.17, 15) is 9.90 Å². The lowest BCUT2D eigenvalue weighted by Crippen LogP contribution is -2.50. The number of nitrogens with zero attached hydrogens (tertiary/aromatic N) is 2. The second-order valence-corrected chi connectivity index (χ2v) is 7.74. The van der Waals surface area contributed by atoms with Crippen molar-refractivity contribution >= 4 is 17.4 Å². The van der Waals surface area contributed by atoms with Crippen molar-refractivity contribution in [2.24, 2.45) is 0 Å². The summed E-state index contributed by atoms with van der Waals surface area (Å²) in [4.78, 5) is 16.5. The molecule has 2 amide bonds. The van der Waals surface area contributed by atoms with Crippen LogP contribution in [0.5, 0.6) is 0 Å². The highest BCUT2D eigenvalue weighted by atomic mass is 32.1. The number of hydrogen-bond donors (Lipinski definition) is 2. The highest BCUT2D eigenvalue weighted by Gasteiger charge is 2.40. The number of rotatable bonds is 5. The Morgan fingerprint density at radius 2 is 2.26 bits per heavy atom. The van der Waals surface area contributed by atoms with Crippen LogP contribution in [0.25, 0.3) is 0 Å². The van der Waals surface area contributed by atoms with E-state index in [-0.39, 0.29) is 12.1 Å². The Kier molecular flexibility index (Phi) is 5.24. The van der Waals surface area contributed by atoms with Gasteiger partial charge in [-0.05, 0) is 55.6 Å². The van der Waals surface area contributed by atoms with Crippen LogP contribution >= 0.6 is 11.3 Å². The molecule has 0 radical (unpaired) electrons. The van der Waals surface area contributed by atoms with E-state index in [0.29, 0.717) is 24.5 Å². The van der Waals surface area contributed by atoms with Crippen LogP contribution in [-0.2, 0) is 0 Å². The van der Waals surface area contributed by atoms with Crippen LogP contribution < -0.4 is 5.32 Å². The summed E-state index contributed by atoms with van der Waals surface area (Å²) in [7, 11) is 2.06. The van der Waals surface area contributed by atoms with Crippen LogP contribution in [0.3, 0.4) is 0 Å². The van der Waals surface area contributed by atoms with Crippen LogP contribution in [0.1, 0.15) is 37.7 Å². The number of likely N-dealkylation sites (tertiary alicyclic amines) is 1. The predicted octanol–water partition coefficient (Wildman–Crippen LogP) is 2.09. The molecule has 0 spiro atoms. The van der Waals surface area contributed by atoms with Crippen molar-refractivity contribution in [3.63, 3.8) is 0 Å². The van der Waals surface area contributed by atoms with Gasteiger partial charge in [-0.1, -0.05) is 0 Å². The molecule has 3 atom stereocenters. The molecular weight excluding hydrogens is 310 g/mol. The summed E-state index contributed by atoms with van der Waals surface area (Å²) < 4.78 is 0. The lowest BCUT2D eigenvalue weighted by molar-refractivity contribution is 0.0874. The minimum Gasteiger partial charge on any atom is -0.392 e. The standard InChI is InChI=1S/C17H27N3O2S/c1-12(21)10-19(2)14-3-6-20(7-4-14)17(22)18-16-9-15(16)13-5-8-23-11-13/h5,8,11-12,14-16,21H,3-4,6-7,9-10H2,1-2H3,(H,18,22)/t12?,15-,16+/m0/s1. The Morgan fingerprint density at radius 3 is 2.87 bits per heavy atom. The van der Waals surface area contributed by atoms with Crippen LogP contribution in [0.4, 0.5) is 4.79 Å².